The standard InChI is InChI=1S/C7H2BrF4NO3/c8-3-1-5(13(14)15)4(9)2-6(3)16-7(10,11)12/h1-2H. The van der Waals surface area contributed by atoms with Crippen molar-refractivity contribution in [2.75, 3.05) is 0 Å². The summed E-state index contributed by atoms with van der Waals surface area (Å²) in [6, 6.07) is 0.881. The summed E-state index contributed by atoms with van der Waals surface area (Å²) >= 11 is 2.61. The van der Waals surface area contributed by atoms with Crippen molar-refractivity contribution in [3.63, 3.8) is 0 Å². The van der Waals surface area contributed by atoms with Crippen molar-refractivity contribution in [3.05, 3.63) is 32.5 Å². The molecule has 1 rings (SSSR count). The Morgan fingerprint density at radius 1 is 1.38 bits per heavy atom. The third-order valence-corrected chi connectivity index (χ3v) is 2.04. The van der Waals surface area contributed by atoms with Crippen LogP contribution in [0, 0.1) is 15.9 Å². The van der Waals surface area contributed by atoms with E-state index < -0.39 is 28.5 Å². The molecule has 0 unspecified atom stereocenters. The molecule has 0 bridgehead atoms. The van der Waals surface area contributed by atoms with E-state index in [4.69, 9.17) is 0 Å². The third kappa shape index (κ3) is 3.05. The van der Waals surface area contributed by atoms with E-state index in [9.17, 15) is 27.7 Å². The van der Waals surface area contributed by atoms with Crippen LogP contribution in [0.5, 0.6) is 5.75 Å². The van der Waals surface area contributed by atoms with Crippen LogP contribution in [0.3, 0.4) is 0 Å². The molecular formula is C7H2BrF4NO3. The zero-order valence-corrected chi connectivity index (χ0v) is 8.80. The summed E-state index contributed by atoms with van der Waals surface area (Å²) in [5.41, 5.74) is -0.943. The fraction of sp³-hybridized carbons (Fsp3) is 0.143. The molecule has 0 saturated heterocycles. The smallest absolute Gasteiger partial charge is 0.404 e. The van der Waals surface area contributed by atoms with E-state index in [1.54, 1.807) is 0 Å². The predicted molar refractivity (Wildman–Crippen MR) is 47.4 cm³/mol. The lowest BCUT2D eigenvalue weighted by atomic mass is 10.3. The Labute approximate surface area is 94.1 Å². The van der Waals surface area contributed by atoms with Gasteiger partial charge in [0.05, 0.1) is 9.40 Å². The van der Waals surface area contributed by atoms with Crippen LogP contribution in [0.2, 0.25) is 0 Å². The normalized spacial score (nSPS) is 11.3. The predicted octanol–water partition coefficient (Wildman–Crippen LogP) is 3.39. The van der Waals surface area contributed by atoms with Crippen molar-refractivity contribution in [2.45, 2.75) is 6.36 Å². The van der Waals surface area contributed by atoms with Crippen molar-refractivity contribution in [3.8, 4) is 5.75 Å². The van der Waals surface area contributed by atoms with Crippen molar-refractivity contribution in [2.24, 2.45) is 0 Å². The highest BCUT2D eigenvalue weighted by Gasteiger charge is 2.33. The molecule has 88 valence electrons. The first-order valence-electron chi connectivity index (χ1n) is 3.60. The second kappa shape index (κ2) is 4.24. The molecular weight excluding hydrogens is 302 g/mol. The lowest BCUT2D eigenvalue weighted by molar-refractivity contribution is -0.387. The minimum Gasteiger partial charge on any atom is -0.404 e. The number of hydrogen-bond acceptors (Lipinski definition) is 3. The summed E-state index contributed by atoms with van der Waals surface area (Å²) in [6.07, 6.45) is -4.99. The van der Waals surface area contributed by atoms with Gasteiger partial charge in [0.1, 0.15) is 5.75 Å². The maximum absolute atomic E-state index is 12.9. The number of nitrogens with zero attached hydrogens (tertiary/aromatic N) is 1. The molecule has 0 aliphatic rings. The number of nitro benzene ring substituents is 1. The Morgan fingerprint density at radius 3 is 2.38 bits per heavy atom. The molecule has 9 heteroatoms. The van der Waals surface area contributed by atoms with Gasteiger partial charge in [-0.1, -0.05) is 0 Å². The highest BCUT2D eigenvalue weighted by molar-refractivity contribution is 9.10. The van der Waals surface area contributed by atoms with Gasteiger partial charge in [0.15, 0.2) is 0 Å². The van der Waals surface area contributed by atoms with Crippen LogP contribution in [0.4, 0.5) is 23.2 Å². The van der Waals surface area contributed by atoms with Crippen molar-refractivity contribution < 1.29 is 27.2 Å². The number of rotatable bonds is 2. The minimum absolute atomic E-state index is 0.287. The molecule has 0 spiro atoms. The Morgan fingerprint density at radius 2 is 1.94 bits per heavy atom. The average Bonchev–Trinajstić information content (AvgIpc) is 2.07. The fourth-order valence-corrected chi connectivity index (χ4v) is 1.27. The molecule has 0 heterocycles. The number of nitro groups is 1. The summed E-state index contributed by atoms with van der Waals surface area (Å²) in [5, 5.41) is 10.3. The summed E-state index contributed by atoms with van der Waals surface area (Å²) < 4.78 is 51.5. The Hall–Kier alpha value is -1.38. The zero-order valence-electron chi connectivity index (χ0n) is 7.22. The second-order valence-corrected chi connectivity index (χ2v) is 3.39. The second-order valence-electron chi connectivity index (χ2n) is 2.54. The lowest BCUT2D eigenvalue weighted by Gasteiger charge is -2.10. The molecule has 0 radical (unpaired) electrons. The molecule has 1 aromatic carbocycles. The largest absolute Gasteiger partial charge is 0.573 e. The van der Waals surface area contributed by atoms with Crippen LogP contribution < -0.4 is 4.74 Å². The molecule has 0 aliphatic carbocycles. The topological polar surface area (TPSA) is 52.4 Å². The van der Waals surface area contributed by atoms with Crippen molar-refractivity contribution >= 4 is 21.6 Å². The van der Waals surface area contributed by atoms with Gasteiger partial charge in [0.25, 0.3) is 0 Å². The lowest BCUT2D eigenvalue weighted by Crippen LogP contribution is -2.17. The van der Waals surface area contributed by atoms with E-state index in [0.29, 0.717) is 6.07 Å². The molecule has 0 atom stereocenters. The van der Waals surface area contributed by atoms with Gasteiger partial charge in [0.2, 0.25) is 5.82 Å². The molecule has 0 aliphatic heterocycles. The summed E-state index contributed by atoms with van der Waals surface area (Å²) in [6.45, 7) is 0. The molecule has 0 aromatic heterocycles. The summed E-state index contributed by atoms with van der Waals surface area (Å²) in [5.74, 6) is -2.29. The van der Waals surface area contributed by atoms with E-state index in [1.165, 1.54) is 0 Å². The van der Waals surface area contributed by atoms with E-state index in [1.807, 2.05) is 0 Å². The molecule has 0 fully saturated rings. The number of hydrogen-bond donors (Lipinski definition) is 0. The number of ether oxygens (including phenoxy) is 1. The minimum atomic E-state index is -4.99. The van der Waals surface area contributed by atoms with Gasteiger partial charge >= 0.3 is 12.0 Å². The highest BCUT2D eigenvalue weighted by Crippen LogP contribution is 2.34. The van der Waals surface area contributed by atoms with Crippen LogP contribution in [0.1, 0.15) is 0 Å². The average molecular weight is 304 g/mol. The van der Waals surface area contributed by atoms with Gasteiger partial charge in [-0.05, 0) is 15.9 Å². The molecule has 4 nitrogen and oxygen atoms in total. The fourth-order valence-electron chi connectivity index (χ4n) is 0.861. The Kier molecular flexibility index (Phi) is 3.36. The van der Waals surface area contributed by atoms with E-state index in [2.05, 4.69) is 20.7 Å². The van der Waals surface area contributed by atoms with Crippen LogP contribution >= 0.6 is 15.9 Å². The van der Waals surface area contributed by atoms with Gasteiger partial charge in [-0.15, -0.1) is 13.2 Å². The number of alkyl halides is 3. The molecule has 0 N–H and O–H groups in total. The number of benzene rings is 1. The quantitative estimate of drug-likeness (QED) is 0.478. The number of halogens is 5. The van der Waals surface area contributed by atoms with Gasteiger partial charge in [-0.25, -0.2) is 0 Å². The monoisotopic (exact) mass is 303 g/mol. The Bertz CT molecular complexity index is 434. The molecule has 0 saturated carbocycles. The van der Waals surface area contributed by atoms with Crippen LogP contribution in [0.25, 0.3) is 0 Å². The van der Waals surface area contributed by atoms with Gasteiger partial charge < -0.3 is 4.74 Å². The maximum atomic E-state index is 12.9. The molecule has 0 amide bonds. The van der Waals surface area contributed by atoms with E-state index in [-0.39, 0.29) is 10.5 Å². The Balaban J connectivity index is 3.16. The van der Waals surface area contributed by atoms with E-state index >= 15 is 0 Å². The first-order valence-corrected chi connectivity index (χ1v) is 4.39. The third-order valence-electron chi connectivity index (χ3n) is 1.42. The van der Waals surface area contributed by atoms with Crippen molar-refractivity contribution in [1.29, 1.82) is 0 Å². The maximum Gasteiger partial charge on any atom is 0.573 e. The molecule has 1 aromatic rings. The van der Waals surface area contributed by atoms with Crippen LogP contribution in [-0.4, -0.2) is 11.3 Å². The van der Waals surface area contributed by atoms with Crippen molar-refractivity contribution in [1.82, 2.24) is 0 Å². The first-order chi connectivity index (χ1) is 7.20. The molecule has 16 heavy (non-hydrogen) atoms. The first kappa shape index (κ1) is 12.7. The van der Waals surface area contributed by atoms with Gasteiger partial charge in [-0.2, -0.15) is 4.39 Å². The van der Waals surface area contributed by atoms with Gasteiger partial charge in [0, 0.05) is 12.1 Å². The summed E-state index contributed by atoms with van der Waals surface area (Å²) in [4.78, 5) is 9.19. The highest BCUT2D eigenvalue weighted by atomic mass is 79.9. The van der Waals surface area contributed by atoms with Gasteiger partial charge in [-0.3, -0.25) is 10.1 Å². The SMILES string of the molecule is O=[N+]([O-])c1cc(Br)c(OC(F)(F)F)cc1F. The van der Waals surface area contributed by atoms with Crippen LogP contribution in [-0.2, 0) is 0 Å². The van der Waals surface area contributed by atoms with E-state index in [0.717, 1.165) is 0 Å². The summed E-state index contributed by atoms with van der Waals surface area (Å²) in [7, 11) is 0. The zero-order chi connectivity index (χ0) is 12.5. The van der Waals surface area contributed by atoms with Crippen LogP contribution in [0.15, 0.2) is 16.6 Å².